The van der Waals surface area contributed by atoms with Crippen LogP contribution in [0.1, 0.15) is 0 Å². The topological polar surface area (TPSA) is 70.8 Å². The van der Waals surface area contributed by atoms with E-state index in [1.165, 1.54) is 6.33 Å². The van der Waals surface area contributed by atoms with Gasteiger partial charge in [-0.3, -0.25) is 0 Å². The van der Waals surface area contributed by atoms with Crippen LogP contribution in [0.4, 0.5) is 0 Å². The van der Waals surface area contributed by atoms with Crippen molar-refractivity contribution >= 4 is 5.65 Å². The van der Waals surface area contributed by atoms with Crippen molar-refractivity contribution in [2.24, 2.45) is 0 Å². The van der Waals surface area contributed by atoms with Crippen LogP contribution >= 0.6 is 0 Å². The van der Waals surface area contributed by atoms with Crippen molar-refractivity contribution in [2.45, 2.75) is 0 Å². The van der Waals surface area contributed by atoms with Gasteiger partial charge in [0.05, 0.1) is 45.0 Å². The van der Waals surface area contributed by atoms with E-state index >= 15 is 0 Å². The number of ether oxygens (including phenoxy) is 3. The molecule has 0 aliphatic heterocycles. The molecule has 0 saturated heterocycles. The molecule has 0 spiro atoms. The van der Waals surface area contributed by atoms with E-state index < -0.39 is 0 Å². The van der Waals surface area contributed by atoms with Crippen molar-refractivity contribution in [1.82, 2.24) is 19.6 Å². The molecule has 0 radical (unpaired) electrons. The Morgan fingerprint density at radius 1 is 1.00 bits per heavy atom. The van der Waals surface area contributed by atoms with E-state index in [-0.39, 0.29) is 0 Å². The second kappa shape index (κ2) is 5.28. The van der Waals surface area contributed by atoms with Crippen LogP contribution in [0.15, 0.2) is 30.9 Å². The molecule has 108 valence electrons. The van der Waals surface area contributed by atoms with Crippen LogP contribution in [-0.4, -0.2) is 40.9 Å². The second-order valence-corrected chi connectivity index (χ2v) is 4.24. The van der Waals surface area contributed by atoms with Crippen LogP contribution in [0.25, 0.3) is 16.9 Å². The van der Waals surface area contributed by atoms with Gasteiger partial charge in [0.1, 0.15) is 23.6 Å². The Balaban J connectivity index is 2.24. The Hall–Kier alpha value is -2.83. The SMILES string of the molecule is COc1cc(OC)c(-c2cn3ncncc3n2)c(OC)c1. The maximum absolute atomic E-state index is 5.44. The zero-order chi connectivity index (χ0) is 14.8. The fourth-order valence-electron chi connectivity index (χ4n) is 2.13. The smallest absolute Gasteiger partial charge is 0.172 e. The molecule has 2 heterocycles. The van der Waals surface area contributed by atoms with Gasteiger partial charge in [0.25, 0.3) is 0 Å². The first-order valence-corrected chi connectivity index (χ1v) is 6.22. The van der Waals surface area contributed by atoms with E-state index in [4.69, 9.17) is 14.2 Å². The number of fused-ring (bicyclic) bond motifs is 1. The number of hydrogen-bond donors (Lipinski definition) is 0. The number of methoxy groups -OCH3 is 3. The zero-order valence-electron chi connectivity index (χ0n) is 11.9. The lowest BCUT2D eigenvalue weighted by atomic mass is 10.1. The maximum Gasteiger partial charge on any atom is 0.172 e. The Morgan fingerprint density at radius 3 is 2.29 bits per heavy atom. The third kappa shape index (κ3) is 2.22. The molecule has 7 nitrogen and oxygen atoms in total. The molecule has 0 saturated carbocycles. The van der Waals surface area contributed by atoms with E-state index in [0.717, 1.165) is 5.56 Å². The van der Waals surface area contributed by atoms with Crippen LogP contribution in [0.2, 0.25) is 0 Å². The van der Waals surface area contributed by atoms with E-state index in [0.29, 0.717) is 28.6 Å². The zero-order valence-corrected chi connectivity index (χ0v) is 11.9. The molecule has 0 fully saturated rings. The summed E-state index contributed by atoms with van der Waals surface area (Å²) in [6.07, 6.45) is 4.89. The van der Waals surface area contributed by atoms with Crippen molar-refractivity contribution in [1.29, 1.82) is 0 Å². The quantitative estimate of drug-likeness (QED) is 0.728. The first-order chi connectivity index (χ1) is 10.3. The summed E-state index contributed by atoms with van der Waals surface area (Å²) in [7, 11) is 4.77. The number of rotatable bonds is 4. The molecular weight excluding hydrogens is 272 g/mol. The fraction of sp³-hybridized carbons (Fsp3) is 0.214. The van der Waals surface area contributed by atoms with Gasteiger partial charge in [-0.2, -0.15) is 5.10 Å². The van der Waals surface area contributed by atoms with Crippen LogP contribution in [0.3, 0.4) is 0 Å². The minimum atomic E-state index is 0.613. The standard InChI is InChI=1S/C14H14N4O3/c1-19-9-4-11(20-2)14(12(5-9)21-3)10-7-18-13(17-10)6-15-8-16-18/h4-8H,1-3H3. The highest BCUT2D eigenvalue weighted by Crippen LogP contribution is 2.41. The highest BCUT2D eigenvalue weighted by atomic mass is 16.5. The van der Waals surface area contributed by atoms with Crippen LogP contribution < -0.4 is 14.2 Å². The Bertz CT molecular complexity index is 727. The summed E-state index contributed by atoms with van der Waals surface area (Å²) < 4.78 is 17.8. The average molecular weight is 286 g/mol. The van der Waals surface area contributed by atoms with Gasteiger partial charge in [-0.25, -0.2) is 14.5 Å². The molecule has 0 amide bonds. The molecule has 21 heavy (non-hydrogen) atoms. The van der Waals surface area contributed by atoms with E-state index in [1.807, 2.05) is 0 Å². The molecule has 0 unspecified atom stereocenters. The summed E-state index contributed by atoms with van der Waals surface area (Å²) in [6.45, 7) is 0. The lowest BCUT2D eigenvalue weighted by Gasteiger charge is -2.13. The normalized spacial score (nSPS) is 10.6. The summed E-state index contributed by atoms with van der Waals surface area (Å²) >= 11 is 0. The van der Waals surface area contributed by atoms with E-state index in [9.17, 15) is 0 Å². The van der Waals surface area contributed by atoms with Gasteiger partial charge >= 0.3 is 0 Å². The molecule has 0 aliphatic rings. The van der Waals surface area contributed by atoms with Gasteiger partial charge in [0.15, 0.2) is 5.65 Å². The molecule has 3 aromatic rings. The predicted molar refractivity (Wildman–Crippen MR) is 75.9 cm³/mol. The summed E-state index contributed by atoms with van der Waals surface area (Å²) in [5.41, 5.74) is 2.07. The van der Waals surface area contributed by atoms with Crippen LogP contribution in [0, 0.1) is 0 Å². The van der Waals surface area contributed by atoms with Gasteiger partial charge in [-0.15, -0.1) is 0 Å². The van der Waals surface area contributed by atoms with Gasteiger partial charge in [-0.05, 0) is 0 Å². The molecule has 3 rings (SSSR count). The van der Waals surface area contributed by atoms with Crippen molar-refractivity contribution in [3.8, 4) is 28.5 Å². The van der Waals surface area contributed by atoms with Crippen molar-refractivity contribution < 1.29 is 14.2 Å². The minimum Gasteiger partial charge on any atom is -0.496 e. The number of aromatic nitrogens is 4. The summed E-state index contributed by atoms with van der Waals surface area (Å²) in [5.74, 6) is 1.88. The van der Waals surface area contributed by atoms with Crippen LogP contribution in [-0.2, 0) is 0 Å². The molecule has 0 atom stereocenters. The highest BCUT2D eigenvalue weighted by molar-refractivity contribution is 5.76. The average Bonchev–Trinajstić information content (AvgIpc) is 2.96. The van der Waals surface area contributed by atoms with Crippen LogP contribution in [0.5, 0.6) is 17.2 Å². The van der Waals surface area contributed by atoms with Crippen molar-refractivity contribution in [3.05, 3.63) is 30.9 Å². The fourth-order valence-corrected chi connectivity index (χ4v) is 2.13. The number of nitrogens with zero attached hydrogens (tertiary/aromatic N) is 4. The Labute approximate surface area is 121 Å². The van der Waals surface area contributed by atoms with Gasteiger partial charge in [0.2, 0.25) is 0 Å². The van der Waals surface area contributed by atoms with E-state index in [1.54, 1.807) is 50.4 Å². The van der Waals surface area contributed by atoms with Gasteiger partial charge < -0.3 is 14.2 Å². The lowest BCUT2D eigenvalue weighted by molar-refractivity contribution is 0.377. The molecule has 0 bridgehead atoms. The molecule has 1 aromatic carbocycles. The summed E-state index contributed by atoms with van der Waals surface area (Å²) in [5, 5.41) is 4.11. The van der Waals surface area contributed by atoms with E-state index in [2.05, 4.69) is 15.1 Å². The van der Waals surface area contributed by atoms with Gasteiger partial charge in [-0.1, -0.05) is 0 Å². The largest absolute Gasteiger partial charge is 0.496 e. The number of hydrogen-bond acceptors (Lipinski definition) is 6. The Kier molecular flexibility index (Phi) is 3.31. The first kappa shape index (κ1) is 13.2. The molecule has 2 aromatic heterocycles. The van der Waals surface area contributed by atoms with Crippen molar-refractivity contribution in [3.63, 3.8) is 0 Å². The minimum absolute atomic E-state index is 0.613. The maximum atomic E-state index is 5.44. The lowest BCUT2D eigenvalue weighted by Crippen LogP contribution is -1.95. The highest BCUT2D eigenvalue weighted by Gasteiger charge is 2.18. The molecule has 0 N–H and O–H groups in total. The number of imidazole rings is 1. The third-order valence-electron chi connectivity index (χ3n) is 3.12. The summed E-state index contributed by atoms with van der Waals surface area (Å²) in [4.78, 5) is 8.45. The molecule has 0 aliphatic carbocycles. The first-order valence-electron chi connectivity index (χ1n) is 6.22. The van der Waals surface area contributed by atoms with Gasteiger partial charge in [0, 0.05) is 12.1 Å². The molecular formula is C14H14N4O3. The predicted octanol–water partition coefficient (Wildman–Crippen LogP) is 1.82. The summed E-state index contributed by atoms with van der Waals surface area (Å²) in [6, 6.07) is 3.57. The second-order valence-electron chi connectivity index (χ2n) is 4.24. The molecule has 7 heteroatoms. The Morgan fingerprint density at radius 2 is 1.71 bits per heavy atom. The monoisotopic (exact) mass is 286 g/mol. The number of benzene rings is 1. The van der Waals surface area contributed by atoms with Crippen molar-refractivity contribution in [2.75, 3.05) is 21.3 Å². The third-order valence-corrected chi connectivity index (χ3v) is 3.12.